The molecular formula is C24H25FN6O6S. The number of thiophene rings is 1. The summed E-state index contributed by atoms with van der Waals surface area (Å²) in [5.74, 6) is -0.320. The van der Waals surface area contributed by atoms with Crippen molar-refractivity contribution in [2.45, 2.75) is 25.5 Å². The van der Waals surface area contributed by atoms with Crippen LogP contribution in [0.5, 0.6) is 11.8 Å². The number of ether oxygens (including phenoxy) is 3. The molecule has 0 aliphatic carbocycles. The normalized spacial score (nSPS) is 16.1. The molecule has 1 amide bonds. The van der Waals surface area contributed by atoms with Crippen LogP contribution in [0, 0.1) is 12.7 Å². The number of hydrogen-bond acceptors (Lipinski definition) is 10. The lowest BCUT2D eigenvalue weighted by Gasteiger charge is -2.22. The molecule has 1 aliphatic rings. The van der Waals surface area contributed by atoms with Crippen LogP contribution < -0.4 is 20.3 Å². The molecule has 12 nitrogen and oxygen atoms in total. The molecule has 3 aromatic heterocycles. The van der Waals surface area contributed by atoms with E-state index in [-0.39, 0.29) is 50.3 Å². The van der Waals surface area contributed by atoms with E-state index in [1.165, 1.54) is 58.4 Å². The minimum atomic E-state index is -0.855. The number of aromatic nitrogens is 5. The van der Waals surface area contributed by atoms with Crippen molar-refractivity contribution in [2.24, 2.45) is 0 Å². The number of benzene rings is 1. The van der Waals surface area contributed by atoms with Gasteiger partial charge in [-0.1, -0.05) is 11.3 Å². The van der Waals surface area contributed by atoms with Gasteiger partial charge in [-0.25, -0.2) is 4.39 Å². The van der Waals surface area contributed by atoms with E-state index < -0.39 is 18.0 Å². The number of carbonyl (C=O) groups excluding carboxylic acids is 1. The lowest BCUT2D eigenvalue weighted by Crippen LogP contribution is -2.30. The SMILES string of the molecule is COc1ccc(F)cc1C(COc1nc2sc(-n3nccn3)c(C)c2c(=O)n1C1CNC(=O)C1)OCCO. The van der Waals surface area contributed by atoms with Gasteiger partial charge in [0.25, 0.3) is 5.56 Å². The fraction of sp³-hybridized carbons (Fsp3) is 0.375. The number of nitrogens with zero attached hydrogens (tertiary/aromatic N) is 5. The first-order valence-corrected chi connectivity index (χ1v) is 12.6. The maximum Gasteiger partial charge on any atom is 0.301 e. The Hall–Kier alpha value is -3.88. The van der Waals surface area contributed by atoms with Crippen LogP contribution in [-0.2, 0) is 9.53 Å². The summed E-state index contributed by atoms with van der Waals surface area (Å²) < 4.78 is 32.7. The van der Waals surface area contributed by atoms with Gasteiger partial charge in [-0.2, -0.15) is 15.2 Å². The van der Waals surface area contributed by atoms with E-state index in [9.17, 15) is 19.1 Å². The van der Waals surface area contributed by atoms with Crippen LogP contribution in [0.3, 0.4) is 0 Å². The Morgan fingerprint density at radius 3 is 2.76 bits per heavy atom. The zero-order valence-electron chi connectivity index (χ0n) is 20.6. The average molecular weight is 545 g/mol. The van der Waals surface area contributed by atoms with Crippen molar-refractivity contribution in [3.8, 4) is 16.8 Å². The second kappa shape index (κ2) is 10.8. The zero-order valence-corrected chi connectivity index (χ0v) is 21.4. The van der Waals surface area contributed by atoms with Crippen LogP contribution in [-0.4, -0.2) is 69.0 Å². The highest BCUT2D eigenvalue weighted by atomic mass is 32.1. The van der Waals surface area contributed by atoms with Crippen molar-refractivity contribution in [1.29, 1.82) is 0 Å². The minimum Gasteiger partial charge on any atom is -0.496 e. The summed E-state index contributed by atoms with van der Waals surface area (Å²) >= 11 is 1.23. The summed E-state index contributed by atoms with van der Waals surface area (Å²) in [6, 6.07) is 3.45. The van der Waals surface area contributed by atoms with Crippen molar-refractivity contribution in [3.63, 3.8) is 0 Å². The number of fused-ring (bicyclic) bond motifs is 1. The summed E-state index contributed by atoms with van der Waals surface area (Å²) in [7, 11) is 1.45. The second-order valence-electron chi connectivity index (χ2n) is 8.54. The van der Waals surface area contributed by atoms with Crippen LogP contribution in [0.2, 0.25) is 0 Å². The first-order valence-electron chi connectivity index (χ1n) is 11.8. The number of aliphatic hydroxyl groups is 1. The molecule has 200 valence electrons. The van der Waals surface area contributed by atoms with Crippen LogP contribution in [0.15, 0.2) is 35.4 Å². The fourth-order valence-electron chi connectivity index (χ4n) is 4.40. The Balaban J connectivity index is 1.57. The smallest absolute Gasteiger partial charge is 0.301 e. The van der Waals surface area contributed by atoms with Gasteiger partial charge < -0.3 is 24.6 Å². The zero-order chi connectivity index (χ0) is 26.8. The lowest BCUT2D eigenvalue weighted by molar-refractivity contribution is -0.119. The molecule has 38 heavy (non-hydrogen) atoms. The monoisotopic (exact) mass is 544 g/mol. The lowest BCUT2D eigenvalue weighted by atomic mass is 10.1. The first kappa shape index (κ1) is 25.8. The summed E-state index contributed by atoms with van der Waals surface area (Å²) in [6.45, 7) is 1.54. The van der Waals surface area contributed by atoms with Gasteiger partial charge in [0.1, 0.15) is 34.1 Å². The molecule has 5 rings (SSSR count). The van der Waals surface area contributed by atoms with Gasteiger partial charge in [0.05, 0.1) is 44.1 Å². The summed E-state index contributed by atoms with van der Waals surface area (Å²) in [5, 5.41) is 21.4. The molecule has 2 atom stereocenters. The van der Waals surface area contributed by atoms with E-state index in [2.05, 4.69) is 20.5 Å². The number of nitrogens with one attached hydrogen (secondary N) is 1. The highest BCUT2D eigenvalue weighted by Gasteiger charge is 2.30. The molecule has 1 aliphatic heterocycles. The molecule has 1 fully saturated rings. The Morgan fingerprint density at radius 2 is 2.08 bits per heavy atom. The number of amides is 1. The van der Waals surface area contributed by atoms with Gasteiger partial charge in [0, 0.05) is 24.1 Å². The van der Waals surface area contributed by atoms with Crippen molar-refractivity contribution in [3.05, 3.63) is 57.9 Å². The predicted octanol–water partition coefficient (Wildman–Crippen LogP) is 1.68. The molecule has 4 heterocycles. The van der Waals surface area contributed by atoms with E-state index in [0.29, 0.717) is 32.1 Å². The van der Waals surface area contributed by atoms with Gasteiger partial charge in [-0.05, 0) is 25.1 Å². The molecule has 2 N–H and O–H groups in total. The van der Waals surface area contributed by atoms with E-state index in [4.69, 9.17) is 14.2 Å². The van der Waals surface area contributed by atoms with E-state index in [0.717, 1.165) is 0 Å². The summed E-state index contributed by atoms with van der Waals surface area (Å²) in [4.78, 5) is 32.3. The van der Waals surface area contributed by atoms with Crippen molar-refractivity contribution in [1.82, 2.24) is 29.9 Å². The third kappa shape index (κ3) is 4.85. The van der Waals surface area contributed by atoms with Gasteiger partial charge in [-0.15, -0.1) is 4.80 Å². The molecular weight excluding hydrogens is 519 g/mol. The minimum absolute atomic E-state index is 0.0156. The first-order chi connectivity index (χ1) is 18.4. The maximum atomic E-state index is 14.1. The molecule has 4 aromatic rings. The van der Waals surface area contributed by atoms with Crippen molar-refractivity contribution < 1.29 is 28.5 Å². The topological polar surface area (TPSA) is 143 Å². The highest BCUT2D eigenvalue weighted by Crippen LogP contribution is 2.34. The van der Waals surface area contributed by atoms with Crippen LogP contribution in [0.25, 0.3) is 15.2 Å². The number of hydrogen-bond donors (Lipinski definition) is 2. The van der Waals surface area contributed by atoms with E-state index in [1.54, 1.807) is 6.92 Å². The third-order valence-electron chi connectivity index (χ3n) is 6.17. The average Bonchev–Trinajstić information content (AvgIpc) is 3.65. The van der Waals surface area contributed by atoms with E-state index >= 15 is 0 Å². The van der Waals surface area contributed by atoms with Gasteiger partial charge in [-0.3, -0.25) is 14.2 Å². The Labute approximate surface area is 219 Å². The van der Waals surface area contributed by atoms with E-state index in [1.807, 2.05) is 0 Å². The number of aliphatic hydroxyl groups excluding tert-OH is 1. The standard InChI is InChI=1S/C24H25FN6O6S/c1-13-20-21(38-23(13)31-27-5-6-28-31)29-24(30(22(20)34)15-10-19(33)26-11-15)37-12-18(36-8-7-32)16-9-14(25)3-4-17(16)35-2/h3-6,9,15,18,32H,7-8,10-12H2,1-2H3,(H,26,33). The Bertz CT molecular complexity index is 1520. The number of halogens is 1. The van der Waals surface area contributed by atoms with Gasteiger partial charge in [0.2, 0.25) is 5.91 Å². The predicted molar refractivity (Wildman–Crippen MR) is 134 cm³/mol. The largest absolute Gasteiger partial charge is 0.496 e. The molecule has 1 aromatic carbocycles. The number of aryl methyl sites for hydroxylation is 1. The molecule has 2 unspecified atom stereocenters. The number of rotatable bonds is 10. The Kier molecular flexibility index (Phi) is 7.35. The molecule has 0 bridgehead atoms. The molecule has 0 saturated carbocycles. The molecule has 1 saturated heterocycles. The van der Waals surface area contributed by atoms with Crippen molar-refractivity contribution in [2.75, 3.05) is 33.5 Å². The second-order valence-corrected chi connectivity index (χ2v) is 9.52. The summed E-state index contributed by atoms with van der Waals surface area (Å²) in [5.41, 5.74) is 0.660. The number of methoxy groups -OCH3 is 1. The van der Waals surface area contributed by atoms with Gasteiger partial charge >= 0.3 is 6.01 Å². The van der Waals surface area contributed by atoms with Crippen molar-refractivity contribution >= 4 is 27.5 Å². The van der Waals surface area contributed by atoms with Crippen LogP contribution in [0.4, 0.5) is 4.39 Å². The maximum absolute atomic E-state index is 14.1. The van der Waals surface area contributed by atoms with Crippen LogP contribution >= 0.6 is 11.3 Å². The van der Waals surface area contributed by atoms with Gasteiger partial charge in [0.15, 0.2) is 0 Å². The quantitative estimate of drug-likeness (QED) is 0.305. The summed E-state index contributed by atoms with van der Waals surface area (Å²) in [6.07, 6.45) is 2.30. The Morgan fingerprint density at radius 1 is 1.29 bits per heavy atom. The fourth-order valence-corrected chi connectivity index (χ4v) is 5.48. The van der Waals surface area contributed by atoms with Crippen LogP contribution in [0.1, 0.15) is 29.7 Å². The third-order valence-corrected chi connectivity index (χ3v) is 7.32. The molecule has 14 heteroatoms. The molecule has 0 radical (unpaired) electrons. The highest BCUT2D eigenvalue weighted by molar-refractivity contribution is 7.21. The number of carbonyl (C=O) groups is 1. The molecule has 0 spiro atoms.